The molecule has 5 heteroatoms. The maximum atomic E-state index is 12.2. The fourth-order valence-corrected chi connectivity index (χ4v) is 2.39. The number of aryl methyl sites for hydroxylation is 1. The van der Waals surface area contributed by atoms with Crippen LogP contribution in [-0.2, 0) is 11.3 Å². The summed E-state index contributed by atoms with van der Waals surface area (Å²) in [4.78, 5) is 25.7. The number of amides is 2. The molecule has 0 aliphatic carbocycles. The molecule has 0 saturated heterocycles. The second-order valence-corrected chi connectivity index (χ2v) is 5.87. The Morgan fingerprint density at radius 3 is 2.46 bits per heavy atom. The van der Waals surface area contributed by atoms with Crippen LogP contribution < -0.4 is 10.6 Å². The van der Waals surface area contributed by atoms with Gasteiger partial charge in [-0.1, -0.05) is 35.9 Å². The van der Waals surface area contributed by atoms with Crippen molar-refractivity contribution in [1.29, 1.82) is 0 Å². The summed E-state index contributed by atoms with van der Waals surface area (Å²) in [6.07, 6.45) is 0. The second kappa shape index (κ2) is 8.26. The Morgan fingerprint density at radius 2 is 1.79 bits per heavy atom. The number of carbonyl (C=O) groups excluding carboxylic acids is 2. The summed E-state index contributed by atoms with van der Waals surface area (Å²) >= 11 is 0. The van der Waals surface area contributed by atoms with Gasteiger partial charge in [0.2, 0.25) is 5.91 Å². The zero-order chi connectivity index (χ0) is 17.5. The average Bonchev–Trinajstić information content (AvgIpc) is 2.56. The number of hydrogen-bond acceptors (Lipinski definition) is 3. The van der Waals surface area contributed by atoms with Crippen molar-refractivity contribution in [2.75, 3.05) is 26.0 Å². The van der Waals surface area contributed by atoms with Gasteiger partial charge < -0.3 is 10.6 Å². The lowest BCUT2D eigenvalue weighted by Crippen LogP contribution is -2.30. The summed E-state index contributed by atoms with van der Waals surface area (Å²) in [7, 11) is 3.48. The minimum atomic E-state index is -0.178. The van der Waals surface area contributed by atoms with Gasteiger partial charge in [-0.15, -0.1) is 0 Å². The van der Waals surface area contributed by atoms with E-state index in [1.165, 1.54) is 5.56 Å². The molecule has 0 fully saturated rings. The van der Waals surface area contributed by atoms with Gasteiger partial charge in [-0.3, -0.25) is 14.5 Å². The van der Waals surface area contributed by atoms with Gasteiger partial charge in [-0.25, -0.2) is 0 Å². The lowest BCUT2D eigenvalue weighted by atomic mass is 10.1. The summed E-state index contributed by atoms with van der Waals surface area (Å²) < 4.78 is 0. The maximum Gasteiger partial charge on any atom is 0.251 e. The van der Waals surface area contributed by atoms with Crippen LogP contribution in [-0.4, -0.2) is 37.4 Å². The summed E-state index contributed by atoms with van der Waals surface area (Å²) in [6.45, 7) is 3.03. The SMILES string of the molecule is CNC(=O)c1cccc(NC(=O)CN(C)Cc2ccc(C)cc2)c1. The van der Waals surface area contributed by atoms with E-state index >= 15 is 0 Å². The van der Waals surface area contributed by atoms with E-state index in [0.717, 1.165) is 5.56 Å². The number of likely N-dealkylation sites (N-methyl/N-ethyl adjacent to an activating group) is 1. The van der Waals surface area contributed by atoms with Crippen LogP contribution in [0.25, 0.3) is 0 Å². The van der Waals surface area contributed by atoms with E-state index in [2.05, 4.69) is 34.9 Å². The maximum absolute atomic E-state index is 12.2. The first-order chi connectivity index (χ1) is 11.5. The molecule has 0 spiro atoms. The van der Waals surface area contributed by atoms with Crippen LogP contribution in [0.4, 0.5) is 5.69 Å². The molecule has 2 amide bonds. The van der Waals surface area contributed by atoms with Gasteiger partial charge in [-0.05, 0) is 37.7 Å². The number of anilines is 1. The van der Waals surface area contributed by atoms with Crippen molar-refractivity contribution in [3.8, 4) is 0 Å². The molecule has 0 unspecified atom stereocenters. The fourth-order valence-electron chi connectivity index (χ4n) is 2.39. The van der Waals surface area contributed by atoms with Crippen molar-refractivity contribution in [3.63, 3.8) is 0 Å². The Morgan fingerprint density at radius 1 is 1.08 bits per heavy atom. The standard InChI is InChI=1S/C19H23N3O2/c1-14-7-9-15(10-8-14)12-22(3)13-18(23)21-17-6-4-5-16(11-17)19(24)20-2/h4-11H,12-13H2,1-3H3,(H,20,24)(H,21,23). The summed E-state index contributed by atoms with van der Waals surface area (Å²) in [6, 6.07) is 15.1. The molecule has 0 atom stereocenters. The third-order valence-electron chi connectivity index (χ3n) is 3.62. The Bertz CT molecular complexity index is 711. The van der Waals surface area contributed by atoms with Crippen molar-refractivity contribution < 1.29 is 9.59 Å². The first-order valence-electron chi connectivity index (χ1n) is 7.84. The van der Waals surface area contributed by atoms with Crippen LogP contribution in [0.3, 0.4) is 0 Å². The number of carbonyl (C=O) groups is 2. The Hall–Kier alpha value is -2.66. The first-order valence-corrected chi connectivity index (χ1v) is 7.84. The molecule has 0 saturated carbocycles. The van der Waals surface area contributed by atoms with Crippen LogP contribution >= 0.6 is 0 Å². The molecular formula is C19H23N3O2. The molecule has 24 heavy (non-hydrogen) atoms. The quantitative estimate of drug-likeness (QED) is 0.857. The van der Waals surface area contributed by atoms with Gasteiger partial charge >= 0.3 is 0 Å². The smallest absolute Gasteiger partial charge is 0.251 e. The predicted molar refractivity (Wildman–Crippen MR) is 96.0 cm³/mol. The number of nitrogens with one attached hydrogen (secondary N) is 2. The topological polar surface area (TPSA) is 61.4 Å². The molecule has 2 rings (SSSR count). The summed E-state index contributed by atoms with van der Waals surface area (Å²) in [5, 5.41) is 5.39. The van der Waals surface area contributed by atoms with E-state index in [1.54, 1.807) is 31.3 Å². The molecule has 0 aliphatic heterocycles. The van der Waals surface area contributed by atoms with Gasteiger partial charge in [0.05, 0.1) is 6.54 Å². The molecule has 0 bridgehead atoms. The molecule has 5 nitrogen and oxygen atoms in total. The van der Waals surface area contributed by atoms with E-state index in [4.69, 9.17) is 0 Å². The molecule has 0 aliphatic rings. The highest BCUT2D eigenvalue weighted by atomic mass is 16.2. The molecule has 2 N–H and O–H groups in total. The lowest BCUT2D eigenvalue weighted by Gasteiger charge is -2.16. The second-order valence-electron chi connectivity index (χ2n) is 5.87. The molecule has 2 aromatic rings. The highest BCUT2D eigenvalue weighted by Gasteiger charge is 2.09. The summed E-state index contributed by atoms with van der Waals surface area (Å²) in [5.41, 5.74) is 3.51. The van der Waals surface area contributed by atoms with E-state index < -0.39 is 0 Å². The normalized spacial score (nSPS) is 10.5. The van der Waals surface area contributed by atoms with E-state index in [-0.39, 0.29) is 18.4 Å². The van der Waals surface area contributed by atoms with E-state index in [0.29, 0.717) is 17.8 Å². The van der Waals surface area contributed by atoms with Gasteiger partial charge in [0.25, 0.3) is 5.91 Å². The van der Waals surface area contributed by atoms with Gasteiger partial charge in [0.15, 0.2) is 0 Å². The van der Waals surface area contributed by atoms with Gasteiger partial charge in [0.1, 0.15) is 0 Å². The van der Waals surface area contributed by atoms with Crippen LogP contribution in [0.15, 0.2) is 48.5 Å². The number of benzene rings is 2. The van der Waals surface area contributed by atoms with E-state index in [1.807, 2.05) is 18.9 Å². The van der Waals surface area contributed by atoms with Crippen molar-refractivity contribution in [3.05, 3.63) is 65.2 Å². The molecular weight excluding hydrogens is 302 g/mol. The summed E-state index contributed by atoms with van der Waals surface area (Å²) in [5.74, 6) is -0.291. The van der Waals surface area contributed by atoms with Crippen molar-refractivity contribution in [1.82, 2.24) is 10.2 Å². The van der Waals surface area contributed by atoms with Crippen LogP contribution in [0.2, 0.25) is 0 Å². The van der Waals surface area contributed by atoms with Gasteiger partial charge in [-0.2, -0.15) is 0 Å². The Balaban J connectivity index is 1.90. The minimum Gasteiger partial charge on any atom is -0.355 e. The third-order valence-corrected chi connectivity index (χ3v) is 3.62. The fraction of sp³-hybridized carbons (Fsp3) is 0.263. The molecule has 0 heterocycles. The molecule has 2 aromatic carbocycles. The first kappa shape index (κ1) is 17.7. The zero-order valence-electron chi connectivity index (χ0n) is 14.3. The zero-order valence-corrected chi connectivity index (χ0v) is 14.3. The third kappa shape index (κ3) is 5.21. The highest BCUT2D eigenvalue weighted by Crippen LogP contribution is 2.11. The molecule has 126 valence electrons. The predicted octanol–water partition coefficient (Wildman–Crippen LogP) is 2.43. The Labute approximate surface area is 142 Å². The van der Waals surface area contributed by atoms with Crippen molar-refractivity contribution in [2.24, 2.45) is 0 Å². The van der Waals surface area contributed by atoms with Crippen LogP contribution in [0.5, 0.6) is 0 Å². The minimum absolute atomic E-state index is 0.112. The van der Waals surface area contributed by atoms with Crippen molar-refractivity contribution >= 4 is 17.5 Å². The average molecular weight is 325 g/mol. The molecule has 0 aromatic heterocycles. The largest absolute Gasteiger partial charge is 0.355 e. The van der Waals surface area contributed by atoms with Crippen LogP contribution in [0, 0.1) is 6.92 Å². The van der Waals surface area contributed by atoms with Crippen molar-refractivity contribution in [2.45, 2.75) is 13.5 Å². The van der Waals surface area contributed by atoms with Gasteiger partial charge in [0, 0.05) is 24.8 Å². The number of rotatable bonds is 6. The lowest BCUT2D eigenvalue weighted by molar-refractivity contribution is -0.117. The Kier molecular flexibility index (Phi) is 6.09. The monoisotopic (exact) mass is 325 g/mol. The highest BCUT2D eigenvalue weighted by molar-refractivity contribution is 5.97. The number of hydrogen-bond donors (Lipinski definition) is 2. The van der Waals surface area contributed by atoms with Crippen LogP contribution in [0.1, 0.15) is 21.5 Å². The number of nitrogens with zero attached hydrogens (tertiary/aromatic N) is 1. The molecule has 0 radical (unpaired) electrons. The van der Waals surface area contributed by atoms with E-state index in [9.17, 15) is 9.59 Å².